The van der Waals surface area contributed by atoms with Crippen LogP contribution in [0.5, 0.6) is 0 Å². The van der Waals surface area contributed by atoms with Crippen molar-refractivity contribution in [2.75, 3.05) is 46.3 Å². The molecule has 11 heteroatoms. The van der Waals surface area contributed by atoms with Gasteiger partial charge in [0.1, 0.15) is 5.01 Å². The highest BCUT2D eigenvalue weighted by atomic mass is 127. The maximum atomic E-state index is 12.8. The molecule has 6 nitrogen and oxygen atoms in total. The van der Waals surface area contributed by atoms with Gasteiger partial charge >= 0.3 is 6.18 Å². The Hall–Kier alpha value is -0.660. The van der Waals surface area contributed by atoms with Crippen LogP contribution in [0.2, 0.25) is 0 Å². The molecule has 3 heterocycles. The number of piperidine rings is 2. The number of nitrogens with zero attached hydrogens (tertiary/aromatic N) is 4. The molecule has 0 amide bonds. The molecule has 31 heavy (non-hydrogen) atoms. The third kappa shape index (κ3) is 7.43. The van der Waals surface area contributed by atoms with Crippen LogP contribution in [-0.2, 0) is 12.7 Å². The number of halogens is 4. The predicted molar refractivity (Wildman–Crippen MR) is 130 cm³/mol. The molecule has 1 aromatic rings. The monoisotopic (exact) mass is 574 g/mol. The van der Waals surface area contributed by atoms with Gasteiger partial charge in [-0.3, -0.25) is 4.90 Å². The molecule has 0 radical (unpaired) electrons. The Kier molecular flexibility index (Phi) is 10.3. The number of likely N-dealkylation sites (tertiary alicyclic amines) is 2. The van der Waals surface area contributed by atoms with Crippen LogP contribution in [-0.4, -0.2) is 72.6 Å². The van der Waals surface area contributed by atoms with Crippen LogP contribution in [0, 0.1) is 0 Å². The summed E-state index contributed by atoms with van der Waals surface area (Å²) in [5.74, 6) is 0.636. The fourth-order valence-corrected chi connectivity index (χ4v) is 4.98. The lowest BCUT2D eigenvalue weighted by Crippen LogP contribution is -2.62. The van der Waals surface area contributed by atoms with E-state index in [-0.39, 0.29) is 36.1 Å². The predicted octanol–water partition coefficient (Wildman–Crippen LogP) is 3.79. The van der Waals surface area contributed by atoms with E-state index >= 15 is 0 Å². The average Bonchev–Trinajstić information content (AvgIpc) is 3.22. The second-order valence-electron chi connectivity index (χ2n) is 8.25. The summed E-state index contributed by atoms with van der Waals surface area (Å²) in [6.07, 6.45) is 1.61. The van der Waals surface area contributed by atoms with Crippen LogP contribution in [0.15, 0.2) is 10.4 Å². The van der Waals surface area contributed by atoms with Crippen molar-refractivity contribution in [3.05, 3.63) is 16.1 Å². The highest BCUT2D eigenvalue weighted by Gasteiger charge is 2.39. The lowest BCUT2D eigenvalue weighted by atomic mass is 9.84. The van der Waals surface area contributed by atoms with Crippen LogP contribution in [0.3, 0.4) is 0 Å². The zero-order chi connectivity index (χ0) is 21.6. The molecule has 0 spiro atoms. The molecule has 1 aromatic heterocycles. The molecule has 0 bridgehead atoms. The van der Waals surface area contributed by atoms with E-state index in [1.807, 2.05) is 6.92 Å². The first-order valence-corrected chi connectivity index (χ1v) is 11.7. The molecule has 2 aliphatic heterocycles. The zero-order valence-electron chi connectivity index (χ0n) is 18.3. The molecule has 3 rings (SSSR count). The minimum Gasteiger partial charge on any atom is -0.357 e. The van der Waals surface area contributed by atoms with Gasteiger partial charge in [-0.15, -0.1) is 35.3 Å². The quantitative estimate of drug-likeness (QED) is 0.308. The molecular formula is C20H34F3IN6S. The molecule has 0 atom stereocenters. The Morgan fingerprint density at radius 2 is 1.84 bits per heavy atom. The summed E-state index contributed by atoms with van der Waals surface area (Å²) in [6, 6.07) is 0. The Bertz CT molecular complexity index is 697. The molecule has 2 fully saturated rings. The maximum Gasteiger partial charge on any atom is 0.434 e. The zero-order valence-corrected chi connectivity index (χ0v) is 21.4. The number of guanidine groups is 1. The van der Waals surface area contributed by atoms with Crippen molar-refractivity contribution in [2.45, 2.75) is 57.3 Å². The van der Waals surface area contributed by atoms with E-state index in [2.05, 4.69) is 37.5 Å². The summed E-state index contributed by atoms with van der Waals surface area (Å²) in [7, 11) is 2.17. The van der Waals surface area contributed by atoms with E-state index in [4.69, 9.17) is 0 Å². The first-order valence-electron chi connectivity index (χ1n) is 10.8. The van der Waals surface area contributed by atoms with E-state index in [9.17, 15) is 13.2 Å². The number of aliphatic imine (C=N–C) groups is 1. The molecule has 0 saturated carbocycles. The van der Waals surface area contributed by atoms with Crippen molar-refractivity contribution in [3.63, 3.8) is 0 Å². The van der Waals surface area contributed by atoms with E-state index in [1.54, 1.807) is 0 Å². The Morgan fingerprint density at radius 1 is 1.16 bits per heavy atom. The lowest BCUT2D eigenvalue weighted by molar-refractivity contribution is -0.140. The SMILES string of the molecule is CCNC(=NCc1nc(C(F)(F)F)cs1)NCC1(N2CCCCC2)CCN(C)CC1.I. The Balaban J connectivity index is 0.00000341. The standard InChI is InChI=1S/C20H33F3N6S.HI/c1-3-24-18(25-13-17-27-16(14-30-17)20(21,22)23)26-15-19(7-11-28(2)12-8-19)29-9-5-4-6-10-29;/h14H,3-13,15H2,1-2H3,(H2,24,25,26);1H. The second-order valence-corrected chi connectivity index (χ2v) is 9.19. The topological polar surface area (TPSA) is 55.8 Å². The molecular weight excluding hydrogens is 540 g/mol. The normalized spacial score (nSPS) is 20.9. The number of hydrogen-bond acceptors (Lipinski definition) is 5. The molecule has 0 unspecified atom stereocenters. The van der Waals surface area contributed by atoms with Crippen LogP contribution in [0.1, 0.15) is 49.7 Å². The van der Waals surface area contributed by atoms with E-state index in [0.29, 0.717) is 17.5 Å². The highest BCUT2D eigenvalue weighted by Crippen LogP contribution is 2.31. The van der Waals surface area contributed by atoms with Gasteiger partial charge in [0.25, 0.3) is 0 Å². The fourth-order valence-electron chi connectivity index (χ4n) is 4.26. The van der Waals surface area contributed by atoms with Gasteiger partial charge in [0.05, 0.1) is 6.54 Å². The van der Waals surface area contributed by atoms with Crippen molar-refractivity contribution in [2.24, 2.45) is 4.99 Å². The van der Waals surface area contributed by atoms with Gasteiger partial charge in [-0.05, 0) is 65.8 Å². The fraction of sp³-hybridized carbons (Fsp3) is 0.800. The number of rotatable bonds is 6. The van der Waals surface area contributed by atoms with Crippen LogP contribution < -0.4 is 10.6 Å². The Morgan fingerprint density at radius 3 is 2.42 bits per heavy atom. The van der Waals surface area contributed by atoms with Gasteiger partial charge in [0.15, 0.2) is 11.7 Å². The van der Waals surface area contributed by atoms with Crippen LogP contribution in [0.4, 0.5) is 13.2 Å². The first-order chi connectivity index (χ1) is 14.3. The number of hydrogen-bond donors (Lipinski definition) is 2. The van der Waals surface area contributed by atoms with Crippen molar-refractivity contribution < 1.29 is 13.2 Å². The average molecular weight is 574 g/mol. The van der Waals surface area contributed by atoms with Gasteiger partial charge in [-0.1, -0.05) is 6.42 Å². The largest absolute Gasteiger partial charge is 0.434 e. The van der Waals surface area contributed by atoms with Crippen molar-refractivity contribution >= 4 is 41.3 Å². The summed E-state index contributed by atoms with van der Waals surface area (Å²) in [5, 5.41) is 8.12. The lowest BCUT2D eigenvalue weighted by Gasteiger charge is -2.50. The van der Waals surface area contributed by atoms with E-state index in [0.717, 1.165) is 62.3 Å². The summed E-state index contributed by atoms with van der Waals surface area (Å²) >= 11 is 0.997. The van der Waals surface area contributed by atoms with Gasteiger partial charge < -0.3 is 15.5 Å². The van der Waals surface area contributed by atoms with Crippen molar-refractivity contribution in [1.82, 2.24) is 25.4 Å². The number of aromatic nitrogens is 1. The highest BCUT2D eigenvalue weighted by molar-refractivity contribution is 14.0. The van der Waals surface area contributed by atoms with Crippen molar-refractivity contribution in [3.8, 4) is 0 Å². The van der Waals surface area contributed by atoms with Crippen LogP contribution >= 0.6 is 35.3 Å². The van der Waals surface area contributed by atoms with E-state index in [1.165, 1.54) is 19.3 Å². The smallest absolute Gasteiger partial charge is 0.357 e. The van der Waals surface area contributed by atoms with Gasteiger partial charge in [0, 0.05) is 24.0 Å². The third-order valence-corrected chi connectivity index (χ3v) is 6.92. The second kappa shape index (κ2) is 12.0. The summed E-state index contributed by atoms with van der Waals surface area (Å²) in [4.78, 5) is 13.2. The maximum absolute atomic E-state index is 12.8. The van der Waals surface area contributed by atoms with Gasteiger partial charge in [-0.25, -0.2) is 9.98 Å². The molecule has 2 N–H and O–H groups in total. The molecule has 2 saturated heterocycles. The summed E-state index contributed by atoms with van der Waals surface area (Å²) in [6.45, 7) is 8.02. The molecule has 0 aromatic carbocycles. The minimum absolute atomic E-state index is 0. The molecule has 0 aliphatic carbocycles. The first kappa shape index (κ1) is 26.6. The molecule has 2 aliphatic rings. The van der Waals surface area contributed by atoms with Gasteiger partial charge in [-0.2, -0.15) is 13.2 Å². The van der Waals surface area contributed by atoms with E-state index < -0.39 is 11.9 Å². The third-order valence-electron chi connectivity index (χ3n) is 6.09. The van der Waals surface area contributed by atoms with Gasteiger partial charge in [0.2, 0.25) is 0 Å². The van der Waals surface area contributed by atoms with Crippen molar-refractivity contribution in [1.29, 1.82) is 0 Å². The summed E-state index contributed by atoms with van der Waals surface area (Å²) in [5.41, 5.74) is -0.737. The number of thiazole rings is 1. The number of nitrogens with one attached hydrogen (secondary N) is 2. The van der Waals surface area contributed by atoms with Crippen LogP contribution in [0.25, 0.3) is 0 Å². The summed E-state index contributed by atoms with van der Waals surface area (Å²) < 4.78 is 38.3. The Labute approximate surface area is 204 Å². The minimum atomic E-state index is -4.41. The molecule has 178 valence electrons. The number of alkyl halides is 3.